The van der Waals surface area contributed by atoms with Crippen LogP contribution in [0.25, 0.3) is 6.08 Å². The minimum atomic E-state index is -0.612. The van der Waals surface area contributed by atoms with Gasteiger partial charge in [-0.15, -0.1) is 0 Å². The van der Waals surface area contributed by atoms with E-state index in [1.165, 1.54) is 13.2 Å². The van der Waals surface area contributed by atoms with Gasteiger partial charge in [-0.3, -0.25) is 4.79 Å². The fourth-order valence-corrected chi connectivity index (χ4v) is 2.65. The number of rotatable bonds is 6. The molecule has 0 saturated heterocycles. The highest BCUT2D eigenvalue weighted by atomic mass is 79.9. The molecule has 26 heavy (non-hydrogen) atoms. The standard InChI is InChI=1S/C19H17BrClNO4/c1-12-8-16(17(25-2)10-15(12)21)22-18(23)11-26-19(24)7-6-13-4-3-5-14(20)9-13/h3-10H,11H2,1-2H3,(H,22,23)/b7-6+. The number of anilines is 1. The summed E-state index contributed by atoms with van der Waals surface area (Å²) in [5, 5.41) is 3.17. The molecular weight excluding hydrogens is 422 g/mol. The van der Waals surface area contributed by atoms with E-state index >= 15 is 0 Å². The lowest BCUT2D eigenvalue weighted by atomic mass is 10.2. The normalized spacial score (nSPS) is 10.6. The Labute approximate surface area is 165 Å². The van der Waals surface area contributed by atoms with Gasteiger partial charge in [0.2, 0.25) is 0 Å². The molecule has 0 fully saturated rings. The third-order valence-electron chi connectivity index (χ3n) is 3.36. The Kier molecular flexibility index (Phi) is 7.24. The van der Waals surface area contributed by atoms with Gasteiger partial charge in [-0.05, 0) is 42.3 Å². The van der Waals surface area contributed by atoms with Crippen molar-refractivity contribution in [2.45, 2.75) is 6.92 Å². The minimum absolute atomic E-state index is 0.410. The summed E-state index contributed by atoms with van der Waals surface area (Å²) in [6, 6.07) is 10.7. The van der Waals surface area contributed by atoms with Gasteiger partial charge >= 0.3 is 5.97 Å². The number of carbonyl (C=O) groups excluding carboxylic acids is 2. The van der Waals surface area contributed by atoms with E-state index in [0.717, 1.165) is 15.6 Å². The Morgan fingerprint density at radius 1 is 1.27 bits per heavy atom. The second-order valence-corrected chi connectivity index (χ2v) is 6.67. The zero-order valence-corrected chi connectivity index (χ0v) is 16.6. The molecule has 0 spiro atoms. The molecule has 1 amide bonds. The summed E-state index contributed by atoms with van der Waals surface area (Å²) < 4.78 is 11.0. The largest absolute Gasteiger partial charge is 0.495 e. The zero-order valence-electron chi connectivity index (χ0n) is 14.2. The van der Waals surface area contributed by atoms with Gasteiger partial charge in [0.25, 0.3) is 5.91 Å². The average Bonchev–Trinajstić information content (AvgIpc) is 2.61. The number of esters is 1. The quantitative estimate of drug-likeness (QED) is 0.528. The second kappa shape index (κ2) is 9.40. The lowest BCUT2D eigenvalue weighted by molar-refractivity contribution is -0.142. The molecule has 0 unspecified atom stereocenters. The third kappa shape index (κ3) is 5.89. The first kappa shape index (κ1) is 20.0. The number of benzene rings is 2. The van der Waals surface area contributed by atoms with Gasteiger partial charge in [0.1, 0.15) is 5.75 Å². The fraction of sp³-hybridized carbons (Fsp3) is 0.158. The molecule has 0 radical (unpaired) electrons. The van der Waals surface area contributed by atoms with Crippen molar-refractivity contribution in [1.82, 2.24) is 0 Å². The molecule has 0 aliphatic heterocycles. The van der Waals surface area contributed by atoms with Crippen LogP contribution in [0.1, 0.15) is 11.1 Å². The molecule has 0 saturated carbocycles. The van der Waals surface area contributed by atoms with Crippen molar-refractivity contribution in [3.8, 4) is 5.75 Å². The van der Waals surface area contributed by atoms with Crippen LogP contribution in [-0.4, -0.2) is 25.6 Å². The molecule has 0 aliphatic carbocycles. The summed E-state index contributed by atoms with van der Waals surface area (Å²) in [5.41, 5.74) is 2.08. The number of nitrogens with one attached hydrogen (secondary N) is 1. The van der Waals surface area contributed by atoms with E-state index in [1.54, 1.807) is 18.2 Å². The van der Waals surface area contributed by atoms with Crippen LogP contribution in [-0.2, 0) is 14.3 Å². The van der Waals surface area contributed by atoms with Crippen molar-refractivity contribution in [1.29, 1.82) is 0 Å². The molecule has 0 aromatic heterocycles. The Morgan fingerprint density at radius 2 is 2.04 bits per heavy atom. The molecule has 5 nitrogen and oxygen atoms in total. The van der Waals surface area contributed by atoms with Crippen LogP contribution in [0, 0.1) is 6.92 Å². The van der Waals surface area contributed by atoms with Gasteiger partial charge in [-0.2, -0.15) is 0 Å². The molecule has 2 rings (SSSR count). The summed E-state index contributed by atoms with van der Waals surface area (Å²) in [4.78, 5) is 23.7. The van der Waals surface area contributed by atoms with Crippen molar-refractivity contribution in [3.63, 3.8) is 0 Å². The smallest absolute Gasteiger partial charge is 0.331 e. The van der Waals surface area contributed by atoms with Crippen LogP contribution in [0.4, 0.5) is 5.69 Å². The van der Waals surface area contributed by atoms with E-state index in [-0.39, 0.29) is 0 Å². The number of carbonyl (C=O) groups is 2. The van der Waals surface area contributed by atoms with Gasteiger partial charge in [-0.1, -0.05) is 39.7 Å². The van der Waals surface area contributed by atoms with E-state index in [2.05, 4.69) is 21.2 Å². The first-order valence-electron chi connectivity index (χ1n) is 7.63. The maximum atomic E-state index is 12.0. The molecule has 7 heteroatoms. The van der Waals surface area contributed by atoms with E-state index in [1.807, 2.05) is 31.2 Å². The minimum Gasteiger partial charge on any atom is -0.495 e. The van der Waals surface area contributed by atoms with Crippen LogP contribution in [0.15, 0.2) is 46.9 Å². The van der Waals surface area contributed by atoms with E-state index < -0.39 is 18.5 Å². The molecule has 0 aliphatic rings. The average molecular weight is 439 g/mol. The highest BCUT2D eigenvalue weighted by molar-refractivity contribution is 9.10. The summed E-state index contributed by atoms with van der Waals surface area (Å²) >= 11 is 9.38. The van der Waals surface area contributed by atoms with Crippen LogP contribution in [0.2, 0.25) is 5.02 Å². The van der Waals surface area contributed by atoms with Gasteiger partial charge < -0.3 is 14.8 Å². The van der Waals surface area contributed by atoms with Gasteiger partial charge in [0.05, 0.1) is 12.8 Å². The first-order chi connectivity index (χ1) is 12.4. The number of hydrogen-bond donors (Lipinski definition) is 1. The monoisotopic (exact) mass is 437 g/mol. The fourth-order valence-electron chi connectivity index (χ4n) is 2.08. The van der Waals surface area contributed by atoms with Crippen molar-refractivity contribution >= 4 is 51.2 Å². The Morgan fingerprint density at radius 3 is 2.73 bits per heavy atom. The van der Waals surface area contributed by atoms with Gasteiger partial charge in [-0.25, -0.2) is 4.79 Å². The highest BCUT2D eigenvalue weighted by Crippen LogP contribution is 2.30. The zero-order chi connectivity index (χ0) is 19.1. The van der Waals surface area contributed by atoms with Crippen molar-refractivity contribution in [3.05, 3.63) is 63.1 Å². The van der Waals surface area contributed by atoms with Crippen LogP contribution < -0.4 is 10.1 Å². The molecule has 1 N–H and O–H groups in total. The maximum absolute atomic E-state index is 12.0. The van der Waals surface area contributed by atoms with E-state index in [4.69, 9.17) is 21.1 Å². The molecule has 0 bridgehead atoms. The predicted molar refractivity (Wildman–Crippen MR) is 106 cm³/mol. The van der Waals surface area contributed by atoms with Crippen LogP contribution in [0.5, 0.6) is 5.75 Å². The molecule has 2 aromatic carbocycles. The molecule has 136 valence electrons. The van der Waals surface area contributed by atoms with E-state index in [0.29, 0.717) is 16.5 Å². The predicted octanol–water partition coefficient (Wildman–Crippen LogP) is 4.61. The van der Waals surface area contributed by atoms with Crippen molar-refractivity contribution in [2.75, 3.05) is 19.0 Å². The topological polar surface area (TPSA) is 64.6 Å². The molecule has 0 heterocycles. The Bertz CT molecular complexity index is 851. The van der Waals surface area contributed by atoms with Gasteiger partial charge in [0, 0.05) is 21.6 Å². The summed E-state index contributed by atoms with van der Waals surface area (Å²) in [6.07, 6.45) is 2.87. The Balaban J connectivity index is 1.90. The maximum Gasteiger partial charge on any atom is 0.331 e. The second-order valence-electron chi connectivity index (χ2n) is 5.35. The van der Waals surface area contributed by atoms with Gasteiger partial charge in [0.15, 0.2) is 6.61 Å². The highest BCUT2D eigenvalue weighted by Gasteiger charge is 2.11. The number of ether oxygens (including phenoxy) is 2. The number of methoxy groups -OCH3 is 1. The Hall–Kier alpha value is -2.31. The lowest BCUT2D eigenvalue weighted by Gasteiger charge is -2.12. The number of hydrogen-bond acceptors (Lipinski definition) is 4. The molecule has 0 atom stereocenters. The molecular formula is C19H17BrClNO4. The number of aryl methyl sites for hydroxylation is 1. The summed E-state index contributed by atoms with van der Waals surface area (Å²) in [6.45, 7) is 1.40. The third-order valence-corrected chi connectivity index (χ3v) is 4.26. The molecule has 2 aromatic rings. The lowest BCUT2D eigenvalue weighted by Crippen LogP contribution is -2.20. The van der Waals surface area contributed by atoms with Crippen molar-refractivity contribution in [2.24, 2.45) is 0 Å². The van der Waals surface area contributed by atoms with Crippen LogP contribution in [0.3, 0.4) is 0 Å². The number of halogens is 2. The van der Waals surface area contributed by atoms with E-state index in [9.17, 15) is 9.59 Å². The number of amides is 1. The summed E-state index contributed by atoms with van der Waals surface area (Å²) in [5.74, 6) is -0.663. The van der Waals surface area contributed by atoms with Crippen LogP contribution >= 0.6 is 27.5 Å². The summed E-state index contributed by atoms with van der Waals surface area (Å²) in [7, 11) is 1.48. The SMILES string of the molecule is COc1cc(Cl)c(C)cc1NC(=O)COC(=O)/C=C/c1cccc(Br)c1. The first-order valence-corrected chi connectivity index (χ1v) is 8.80. The van der Waals surface area contributed by atoms with Crippen molar-refractivity contribution < 1.29 is 19.1 Å².